The second-order valence-electron chi connectivity index (χ2n) is 9.07. The Kier molecular flexibility index (Phi) is 19.1. The van der Waals surface area contributed by atoms with Crippen LogP contribution in [0, 0.1) is 11.8 Å². The number of rotatable bonds is 16. The predicted molar refractivity (Wildman–Crippen MR) is 123 cm³/mol. The average Bonchev–Trinajstić information content (AvgIpc) is 2.65. The van der Waals surface area contributed by atoms with Gasteiger partial charge in [-0.3, -0.25) is 9.69 Å². The van der Waals surface area contributed by atoms with Crippen molar-refractivity contribution in [3.8, 4) is 0 Å². The molecular weight excluding hydrogens is 366 g/mol. The van der Waals surface area contributed by atoms with Gasteiger partial charge in [0.2, 0.25) is 0 Å². The summed E-state index contributed by atoms with van der Waals surface area (Å²) in [6.07, 6.45) is 14.7. The van der Waals surface area contributed by atoms with Gasteiger partial charge in [-0.2, -0.15) is 0 Å². The molecule has 0 rings (SSSR count). The van der Waals surface area contributed by atoms with E-state index in [-0.39, 0.29) is 11.8 Å². The van der Waals surface area contributed by atoms with Gasteiger partial charge in [-0.25, -0.2) is 0 Å². The Balaban J connectivity index is 0. The SMILES string of the molecule is CC(C)C(O)(C(C)O)N(C)C.CCCCCCCCCCCCCC(C)C(=O)O. The maximum absolute atomic E-state index is 10.6. The Bertz CT molecular complexity index is 361. The van der Waals surface area contributed by atoms with Gasteiger partial charge in [0.25, 0.3) is 0 Å². The van der Waals surface area contributed by atoms with Gasteiger partial charge in [-0.1, -0.05) is 98.3 Å². The molecule has 0 saturated carbocycles. The average molecular weight is 418 g/mol. The van der Waals surface area contributed by atoms with Crippen molar-refractivity contribution in [2.75, 3.05) is 14.1 Å². The van der Waals surface area contributed by atoms with E-state index in [1.807, 2.05) is 13.8 Å². The molecule has 0 aliphatic rings. The lowest BCUT2D eigenvalue weighted by atomic mass is 9.93. The lowest BCUT2D eigenvalue weighted by Crippen LogP contribution is -2.56. The van der Waals surface area contributed by atoms with Crippen molar-refractivity contribution in [3.63, 3.8) is 0 Å². The number of carbonyl (C=O) groups is 1. The van der Waals surface area contributed by atoms with E-state index >= 15 is 0 Å². The molecule has 0 saturated heterocycles. The molecule has 0 bridgehead atoms. The minimum atomic E-state index is -1.11. The molecule has 5 heteroatoms. The van der Waals surface area contributed by atoms with Crippen molar-refractivity contribution >= 4 is 5.97 Å². The molecule has 3 atom stereocenters. The number of unbranched alkanes of at least 4 members (excludes halogenated alkanes) is 10. The summed E-state index contributed by atoms with van der Waals surface area (Å²) in [5.41, 5.74) is -1.11. The maximum atomic E-state index is 10.6. The van der Waals surface area contributed by atoms with E-state index < -0.39 is 17.8 Å². The third-order valence-electron chi connectivity index (χ3n) is 5.84. The number of hydrogen-bond donors (Lipinski definition) is 3. The largest absolute Gasteiger partial charge is 0.481 e. The molecule has 176 valence electrons. The Morgan fingerprint density at radius 2 is 1.21 bits per heavy atom. The Morgan fingerprint density at radius 3 is 1.45 bits per heavy atom. The van der Waals surface area contributed by atoms with Gasteiger partial charge >= 0.3 is 5.97 Å². The van der Waals surface area contributed by atoms with E-state index in [0.717, 1.165) is 12.8 Å². The van der Waals surface area contributed by atoms with Crippen LogP contribution in [0.4, 0.5) is 0 Å². The summed E-state index contributed by atoms with van der Waals surface area (Å²) in [6.45, 7) is 9.42. The van der Waals surface area contributed by atoms with Crippen LogP contribution in [0.1, 0.15) is 112 Å². The van der Waals surface area contributed by atoms with Gasteiger partial charge in [-0.05, 0) is 33.4 Å². The standard InChI is InChI=1S/C16H32O2.C8H19NO2/c1-3-4-5-6-7-8-9-10-11-12-13-14-15(2)16(17)18;1-6(2)8(11,7(3)10)9(4)5/h15H,3-14H2,1-2H3,(H,17,18);6-7,10-11H,1-5H3. The molecular formula is C24H51NO4. The van der Waals surface area contributed by atoms with Gasteiger partial charge in [0.1, 0.15) is 5.72 Å². The molecule has 0 aromatic heterocycles. The lowest BCUT2D eigenvalue weighted by Gasteiger charge is -2.40. The number of likely N-dealkylation sites (N-methyl/N-ethyl adjacent to an activating group) is 1. The van der Waals surface area contributed by atoms with Crippen LogP contribution in [-0.2, 0) is 4.79 Å². The van der Waals surface area contributed by atoms with Gasteiger partial charge < -0.3 is 15.3 Å². The molecule has 3 unspecified atom stereocenters. The van der Waals surface area contributed by atoms with Gasteiger partial charge in [-0.15, -0.1) is 0 Å². The van der Waals surface area contributed by atoms with Gasteiger partial charge in [0, 0.05) is 0 Å². The van der Waals surface area contributed by atoms with Crippen molar-refractivity contribution in [1.82, 2.24) is 4.90 Å². The number of aliphatic hydroxyl groups is 2. The topological polar surface area (TPSA) is 81.0 Å². The summed E-state index contributed by atoms with van der Waals surface area (Å²) in [7, 11) is 3.51. The minimum Gasteiger partial charge on any atom is -0.481 e. The number of aliphatic carboxylic acids is 1. The first-order chi connectivity index (χ1) is 13.5. The molecule has 29 heavy (non-hydrogen) atoms. The van der Waals surface area contributed by atoms with Crippen LogP contribution in [0.2, 0.25) is 0 Å². The molecule has 0 aliphatic carbocycles. The molecule has 0 radical (unpaired) electrons. The lowest BCUT2D eigenvalue weighted by molar-refractivity contribution is -0.183. The smallest absolute Gasteiger partial charge is 0.306 e. The molecule has 5 nitrogen and oxygen atoms in total. The molecule has 0 aromatic carbocycles. The zero-order valence-electron chi connectivity index (χ0n) is 20.4. The van der Waals surface area contributed by atoms with Crippen molar-refractivity contribution in [1.29, 1.82) is 0 Å². The Morgan fingerprint density at radius 1 is 0.828 bits per heavy atom. The monoisotopic (exact) mass is 417 g/mol. The van der Waals surface area contributed by atoms with Gasteiger partial charge in [0.15, 0.2) is 0 Å². The molecule has 0 spiro atoms. The first-order valence-corrected chi connectivity index (χ1v) is 11.8. The fourth-order valence-corrected chi connectivity index (χ4v) is 3.61. The van der Waals surface area contributed by atoms with Crippen molar-refractivity contribution in [2.24, 2.45) is 11.8 Å². The fraction of sp³-hybridized carbons (Fsp3) is 0.958. The van der Waals surface area contributed by atoms with Crippen LogP contribution < -0.4 is 0 Å². The zero-order valence-corrected chi connectivity index (χ0v) is 20.4. The van der Waals surface area contributed by atoms with Crippen LogP contribution in [0.15, 0.2) is 0 Å². The first kappa shape index (κ1) is 30.5. The van der Waals surface area contributed by atoms with Crippen LogP contribution in [-0.4, -0.2) is 52.1 Å². The number of nitrogens with zero attached hydrogens (tertiary/aromatic N) is 1. The molecule has 0 fully saturated rings. The number of aliphatic hydroxyl groups excluding tert-OH is 1. The first-order valence-electron chi connectivity index (χ1n) is 11.8. The van der Waals surface area contributed by atoms with E-state index in [4.69, 9.17) is 5.11 Å². The van der Waals surface area contributed by atoms with Crippen molar-refractivity contribution in [2.45, 2.75) is 123 Å². The van der Waals surface area contributed by atoms with E-state index in [2.05, 4.69) is 6.92 Å². The second-order valence-corrected chi connectivity index (χ2v) is 9.07. The van der Waals surface area contributed by atoms with E-state index in [9.17, 15) is 15.0 Å². The number of carboxylic acids is 1. The van der Waals surface area contributed by atoms with E-state index in [1.165, 1.54) is 64.2 Å². The fourth-order valence-electron chi connectivity index (χ4n) is 3.61. The van der Waals surface area contributed by atoms with Crippen LogP contribution in [0.5, 0.6) is 0 Å². The van der Waals surface area contributed by atoms with Crippen molar-refractivity contribution < 1.29 is 20.1 Å². The zero-order chi connectivity index (χ0) is 22.9. The maximum Gasteiger partial charge on any atom is 0.306 e. The summed E-state index contributed by atoms with van der Waals surface area (Å²) in [6, 6.07) is 0. The summed E-state index contributed by atoms with van der Waals surface area (Å²) in [5.74, 6) is -0.803. The summed E-state index contributed by atoms with van der Waals surface area (Å²) in [4.78, 5) is 12.3. The highest BCUT2D eigenvalue weighted by Crippen LogP contribution is 2.23. The highest BCUT2D eigenvalue weighted by atomic mass is 16.4. The summed E-state index contributed by atoms with van der Waals surface area (Å²) >= 11 is 0. The molecule has 0 aromatic rings. The summed E-state index contributed by atoms with van der Waals surface area (Å²) < 4.78 is 0. The highest BCUT2D eigenvalue weighted by Gasteiger charge is 2.38. The van der Waals surface area contributed by atoms with Crippen LogP contribution in [0.25, 0.3) is 0 Å². The normalized spacial score (nSPS) is 15.6. The molecule has 0 aliphatic heterocycles. The Hall–Kier alpha value is -0.650. The molecule has 3 N–H and O–H groups in total. The Labute approximate surface area is 180 Å². The second kappa shape index (κ2) is 18.1. The predicted octanol–water partition coefficient (Wildman–Crippen LogP) is 5.68. The van der Waals surface area contributed by atoms with Crippen LogP contribution in [0.3, 0.4) is 0 Å². The highest BCUT2D eigenvalue weighted by molar-refractivity contribution is 5.69. The van der Waals surface area contributed by atoms with Crippen LogP contribution >= 0.6 is 0 Å². The third-order valence-corrected chi connectivity index (χ3v) is 5.84. The third kappa shape index (κ3) is 14.9. The van der Waals surface area contributed by atoms with Crippen molar-refractivity contribution in [3.05, 3.63) is 0 Å². The number of carboxylic acid groups (broad SMARTS) is 1. The minimum absolute atomic E-state index is 0.0116. The quantitative estimate of drug-likeness (QED) is 0.222. The van der Waals surface area contributed by atoms with Gasteiger partial charge in [0.05, 0.1) is 12.0 Å². The summed E-state index contributed by atoms with van der Waals surface area (Å²) in [5, 5.41) is 28.0. The molecule has 0 heterocycles. The van der Waals surface area contributed by atoms with E-state index in [0.29, 0.717) is 0 Å². The molecule has 0 amide bonds. The van der Waals surface area contributed by atoms with E-state index in [1.54, 1.807) is 32.8 Å². The number of hydrogen-bond acceptors (Lipinski definition) is 4.